The maximum absolute atomic E-state index is 8.52. The van der Waals surface area contributed by atoms with Crippen molar-refractivity contribution in [2.45, 2.75) is 32.1 Å². The van der Waals surface area contributed by atoms with Gasteiger partial charge in [-0.2, -0.15) is 0 Å². The largest absolute Gasteiger partial charge is 1.00 e. The molecule has 0 bridgehead atoms. The zero-order valence-electron chi connectivity index (χ0n) is 7.58. The van der Waals surface area contributed by atoms with Gasteiger partial charge in [0, 0.05) is 10.4 Å². The standard InChI is InChI=1S/C5H10.2Na.H2O4S/c1-2-4-5-3-1;;;1-5(2,3)4/h1-5H2;;;(H2,1,2,3,4)/q;2*+1;/p-2. The summed E-state index contributed by atoms with van der Waals surface area (Å²) in [4.78, 5) is 0. The molecule has 0 aromatic carbocycles. The third-order valence-electron chi connectivity index (χ3n) is 1.25. The van der Waals surface area contributed by atoms with Crippen LogP contribution in [0.2, 0.25) is 0 Å². The topological polar surface area (TPSA) is 80.3 Å². The summed E-state index contributed by atoms with van der Waals surface area (Å²) >= 11 is 0. The molecule has 0 saturated heterocycles. The van der Waals surface area contributed by atoms with E-state index in [4.69, 9.17) is 17.5 Å². The monoisotopic (exact) mass is 212 g/mol. The number of hydrogen-bond donors (Lipinski definition) is 0. The molecule has 0 atom stereocenters. The molecule has 0 radical (unpaired) electrons. The van der Waals surface area contributed by atoms with E-state index in [9.17, 15) is 0 Å². The average molecular weight is 212 g/mol. The summed E-state index contributed by atoms with van der Waals surface area (Å²) in [6.07, 6.45) is 7.50. The van der Waals surface area contributed by atoms with E-state index in [1.165, 1.54) is 32.1 Å². The van der Waals surface area contributed by atoms with Crippen LogP contribution in [-0.2, 0) is 10.4 Å². The van der Waals surface area contributed by atoms with Crippen LogP contribution in [0.4, 0.5) is 0 Å². The van der Waals surface area contributed by atoms with Crippen molar-refractivity contribution in [3.05, 3.63) is 0 Å². The van der Waals surface area contributed by atoms with Crippen LogP contribution in [0.15, 0.2) is 0 Å². The first-order valence-electron chi connectivity index (χ1n) is 3.17. The van der Waals surface area contributed by atoms with Gasteiger partial charge in [0.25, 0.3) is 0 Å². The fourth-order valence-corrected chi connectivity index (χ4v) is 0.884. The van der Waals surface area contributed by atoms with Crippen LogP contribution in [0.25, 0.3) is 0 Å². The van der Waals surface area contributed by atoms with E-state index in [1.54, 1.807) is 0 Å². The summed E-state index contributed by atoms with van der Waals surface area (Å²) in [5, 5.41) is 0. The SMILES string of the molecule is C1CCCC1.O=S(=O)([O-])[O-].[Na+].[Na+]. The maximum atomic E-state index is 8.52. The van der Waals surface area contributed by atoms with Crippen molar-refractivity contribution in [1.29, 1.82) is 0 Å². The Morgan fingerprint density at radius 1 is 0.750 bits per heavy atom. The number of hydrogen-bond acceptors (Lipinski definition) is 4. The second kappa shape index (κ2) is 10.9. The van der Waals surface area contributed by atoms with E-state index >= 15 is 0 Å². The maximum Gasteiger partial charge on any atom is 1.00 e. The third-order valence-corrected chi connectivity index (χ3v) is 1.25. The van der Waals surface area contributed by atoms with Crippen LogP contribution in [0.1, 0.15) is 32.1 Å². The summed E-state index contributed by atoms with van der Waals surface area (Å²) in [6.45, 7) is 0. The predicted molar refractivity (Wildman–Crippen MR) is 33.6 cm³/mol. The molecule has 0 aromatic heterocycles. The smallest absolute Gasteiger partial charge is 0.759 e. The van der Waals surface area contributed by atoms with Gasteiger partial charge in [-0.05, 0) is 0 Å². The van der Waals surface area contributed by atoms with Gasteiger partial charge in [-0.3, -0.25) is 8.42 Å². The van der Waals surface area contributed by atoms with Gasteiger partial charge < -0.3 is 9.11 Å². The van der Waals surface area contributed by atoms with Crippen LogP contribution in [0.3, 0.4) is 0 Å². The van der Waals surface area contributed by atoms with Crippen LogP contribution >= 0.6 is 0 Å². The second-order valence-electron chi connectivity index (χ2n) is 2.18. The minimum Gasteiger partial charge on any atom is -0.759 e. The molecule has 0 spiro atoms. The molecule has 7 heteroatoms. The minimum absolute atomic E-state index is 0. The fourth-order valence-electron chi connectivity index (χ4n) is 0.884. The van der Waals surface area contributed by atoms with Gasteiger partial charge in [-0.15, -0.1) is 0 Å². The molecule has 0 unspecified atom stereocenters. The first-order valence-corrected chi connectivity index (χ1v) is 4.50. The van der Waals surface area contributed by atoms with E-state index in [-0.39, 0.29) is 59.1 Å². The predicted octanol–water partition coefficient (Wildman–Crippen LogP) is -5.38. The molecule has 0 aromatic rings. The van der Waals surface area contributed by atoms with Crippen molar-refractivity contribution in [3.8, 4) is 0 Å². The van der Waals surface area contributed by atoms with Gasteiger partial charge in [-0.25, -0.2) is 0 Å². The van der Waals surface area contributed by atoms with Gasteiger partial charge in [-0.1, -0.05) is 32.1 Å². The van der Waals surface area contributed by atoms with E-state index < -0.39 is 10.4 Å². The first-order chi connectivity index (χ1) is 4.50. The zero-order valence-corrected chi connectivity index (χ0v) is 12.4. The molecule has 0 N–H and O–H groups in total. The van der Waals surface area contributed by atoms with Gasteiger partial charge in [0.05, 0.1) is 0 Å². The van der Waals surface area contributed by atoms with Gasteiger partial charge in [0.2, 0.25) is 0 Å². The summed E-state index contributed by atoms with van der Waals surface area (Å²) in [6, 6.07) is 0. The molecule has 0 aliphatic heterocycles. The Hall–Kier alpha value is 1.87. The normalized spacial score (nSPS) is 14.8. The average Bonchev–Trinajstić information content (AvgIpc) is 2.07. The Kier molecular flexibility index (Phi) is 17.7. The van der Waals surface area contributed by atoms with Crippen molar-refractivity contribution < 1.29 is 76.6 Å². The Morgan fingerprint density at radius 2 is 0.833 bits per heavy atom. The molecule has 0 heterocycles. The molecule has 4 nitrogen and oxygen atoms in total. The van der Waals surface area contributed by atoms with E-state index in [0.717, 1.165) is 0 Å². The Morgan fingerprint density at radius 3 is 0.917 bits per heavy atom. The molecule has 1 saturated carbocycles. The van der Waals surface area contributed by atoms with E-state index in [2.05, 4.69) is 0 Å². The molecule has 62 valence electrons. The number of rotatable bonds is 0. The van der Waals surface area contributed by atoms with Gasteiger partial charge >= 0.3 is 59.1 Å². The molecular weight excluding hydrogens is 202 g/mol. The summed E-state index contributed by atoms with van der Waals surface area (Å²) in [7, 11) is -5.17. The Labute approximate surface area is 118 Å². The van der Waals surface area contributed by atoms with E-state index in [1.807, 2.05) is 0 Å². The summed E-state index contributed by atoms with van der Waals surface area (Å²) in [5.74, 6) is 0. The molecule has 1 fully saturated rings. The molecule has 12 heavy (non-hydrogen) atoms. The second-order valence-corrected chi connectivity index (χ2v) is 2.99. The molecule has 1 aliphatic rings. The molecule has 1 rings (SSSR count). The van der Waals surface area contributed by atoms with Gasteiger partial charge in [0.1, 0.15) is 0 Å². The quantitative estimate of drug-likeness (QED) is 0.228. The van der Waals surface area contributed by atoms with Crippen molar-refractivity contribution in [1.82, 2.24) is 0 Å². The zero-order chi connectivity index (χ0) is 8.04. The van der Waals surface area contributed by atoms with Crippen molar-refractivity contribution in [3.63, 3.8) is 0 Å². The molecule has 0 amide bonds. The van der Waals surface area contributed by atoms with Crippen LogP contribution in [0, 0.1) is 0 Å². The molecule has 1 aliphatic carbocycles. The Bertz CT molecular complexity index is 149. The summed E-state index contributed by atoms with van der Waals surface area (Å²) in [5.41, 5.74) is 0. The fraction of sp³-hybridized carbons (Fsp3) is 1.00. The Balaban J connectivity index is -0.000000116. The minimum atomic E-state index is -5.17. The first kappa shape index (κ1) is 19.4. The van der Waals surface area contributed by atoms with Crippen LogP contribution < -0.4 is 59.1 Å². The van der Waals surface area contributed by atoms with Crippen molar-refractivity contribution in [2.24, 2.45) is 0 Å². The molecular formula is C5H10Na2O4S. The third kappa shape index (κ3) is 29.7. The van der Waals surface area contributed by atoms with Crippen LogP contribution in [-0.4, -0.2) is 17.5 Å². The summed E-state index contributed by atoms with van der Waals surface area (Å²) < 4.78 is 34.1. The van der Waals surface area contributed by atoms with E-state index in [0.29, 0.717) is 0 Å². The van der Waals surface area contributed by atoms with Crippen molar-refractivity contribution >= 4 is 10.4 Å². The van der Waals surface area contributed by atoms with Crippen molar-refractivity contribution in [2.75, 3.05) is 0 Å². The van der Waals surface area contributed by atoms with Crippen LogP contribution in [0.5, 0.6) is 0 Å². The van der Waals surface area contributed by atoms with Gasteiger partial charge in [0.15, 0.2) is 0 Å².